The summed E-state index contributed by atoms with van der Waals surface area (Å²) in [6.07, 6.45) is 0. The van der Waals surface area contributed by atoms with Crippen LogP contribution in [0.15, 0.2) is 66.7 Å². The predicted octanol–water partition coefficient (Wildman–Crippen LogP) is 5.34. The molecule has 0 saturated heterocycles. The minimum absolute atomic E-state index is 0.122. The third-order valence-corrected chi connectivity index (χ3v) is 5.36. The Kier molecular flexibility index (Phi) is 5.85. The third kappa shape index (κ3) is 4.59. The lowest BCUT2D eigenvalue weighted by molar-refractivity contribution is 0.108. The molecule has 0 aliphatic heterocycles. The Morgan fingerprint density at radius 1 is 0.885 bits per heavy atom. The topological polar surface area (TPSA) is 26.3 Å². The standard InChI is InChI=1S/C23H23O2P/c1-16-13-17(2)22(18(3)14-16)23(24)26-21-11-9-20(10-12-21)25-15-19-7-5-4-6-8-19/h4-14,26H,15H2,1-3H3. The van der Waals surface area contributed by atoms with Gasteiger partial charge in [0.15, 0.2) is 5.52 Å². The Morgan fingerprint density at radius 3 is 2.12 bits per heavy atom. The second-order valence-corrected chi connectivity index (χ2v) is 7.81. The molecule has 2 nitrogen and oxygen atoms in total. The number of hydrogen-bond acceptors (Lipinski definition) is 2. The molecule has 0 aromatic heterocycles. The zero-order valence-corrected chi connectivity index (χ0v) is 16.4. The Bertz CT molecular complexity index is 876. The Hall–Kier alpha value is -2.44. The fourth-order valence-corrected chi connectivity index (χ4v) is 4.22. The van der Waals surface area contributed by atoms with Crippen LogP contribution in [0, 0.1) is 20.8 Å². The van der Waals surface area contributed by atoms with E-state index in [0.717, 1.165) is 33.3 Å². The number of benzene rings is 3. The molecule has 0 saturated carbocycles. The molecule has 0 bridgehead atoms. The van der Waals surface area contributed by atoms with E-state index in [1.807, 2.05) is 68.4 Å². The molecule has 3 aromatic rings. The molecule has 0 spiro atoms. The molecule has 0 radical (unpaired) electrons. The molecule has 0 aliphatic carbocycles. The Balaban J connectivity index is 1.65. The lowest BCUT2D eigenvalue weighted by Gasteiger charge is -2.11. The minimum atomic E-state index is 0.122. The van der Waals surface area contributed by atoms with Crippen LogP contribution in [0.5, 0.6) is 5.75 Å². The highest BCUT2D eigenvalue weighted by atomic mass is 31.1. The van der Waals surface area contributed by atoms with Gasteiger partial charge in [0, 0.05) is 5.56 Å². The second-order valence-electron chi connectivity index (χ2n) is 6.53. The first-order chi connectivity index (χ1) is 12.5. The molecule has 0 fully saturated rings. The molecule has 3 heteroatoms. The number of carbonyl (C=O) groups excluding carboxylic acids is 1. The van der Waals surface area contributed by atoms with Crippen molar-refractivity contribution in [2.45, 2.75) is 27.4 Å². The Morgan fingerprint density at radius 2 is 1.50 bits per heavy atom. The van der Waals surface area contributed by atoms with Crippen molar-refractivity contribution in [3.8, 4) is 5.75 Å². The Labute approximate surface area is 157 Å². The smallest absolute Gasteiger partial charge is 0.186 e. The van der Waals surface area contributed by atoms with Crippen LogP contribution in [0.4, 0.5) is 0 Å². The molecule has 26 heavy (non-hydrogen) atoms. The molecule has 0 heterocycles. The van der Waals surface area contributed by atoms with E-state index < -0.39 is 0 Å². The predicted molar refractivity (Wildman–Crippen MR) is 110 cm³/mol. The molecule has 3 rings (SSSR count). The van der Waals surface area contributed by atoms with Crippen LogP contribution in [-0.2, 0) is 6.61 Å². The van der Waals surface area contributed by atoms with Gasteiger partial charge in [0.2, 0.25) is 0 Å². The van der Waals surface area contributed by atoms with Gasteiger partial charge in [-0.2, -0.15) is 0 Å². The number of carbonyl (C=O) groups is 1. The molecule has 132 valence electrons. The van der Waals surface area contributed by atoms with Gasteiger partial charge in [-0.3, -0.25) is 4.79 Å². The summed E-state index contributed by atoms with van der Waals surface area (Å²) in [6, 6.07) is 22.1. The monoisotopic (exact) mass is 362 g/mol. The zero-order chi connectivity index (χ0) is 18.5. The van der Waals surface area contributed by atoms with Gasteiger partial charge in [-0.15, -0.1) is 0 Å². The van der Waals surface area contributed by atoms with E-state index >= 15 is 0 Å². The number of rotatable bonds is 6. The van der Waals surface area contributed by atoms with Gasteiger partial charge in [-0.25, -0.2) is 0 Å². The zero-order valence-electron chi connectivity index (χ0n) is 15.4. The third-order valence-electron chi connectivity index (χ3n) is 4.26. The minimum Gasteiger partial charge on any atom is -0.489 e. The van der Waals surface area contributed by atoms with Gasteiger partial charge in [0.1, 0.15) is 12.4 Å². The summed E-state index contributed by atoms with van der Waals surface area (Å²) < 4.78 is 5.81. The number of hydrogen-bond donors (Lipinski definition) is 0. The summed E-state index contributed by atoms with van der Waals surface area (Å²) in [5.41, 5.74) is 5.50. The summed E-state index contributed by atoms with van der Waals surface area (Å²) in [5.74, 6) is 0.817. The first-order valence-corrected chi connectivity index (χ1v) is 9.69. The van der Waals surface area contributed by atoms with Gasteiger partial charge in [0.25, 0.3) is 0 Å². The highest BCUT2D eigenvalue weighted by Crippen LogP contribution is 2.26. The molecule has 1 atom stereocenters. The molecule has 0 aliphatic rings. The van der Waals surface area contributed by atoms with Crippen LogP contribution in [0.2, 0.25) is 0 Å². The highest BCUT2D eigenvalue weighted by Gasteiger charge is 2.13. The largest absolute Gasteiger partial charge is 0.489 e. The first kappa shape index (κ1) is 18.4. The summed E-state index contributed by atoms with van der Waals surface area (Å²) in [5, 5.41) is 1.03. The van der Waals surface area contributed by atoms with Gasteiger partial charge in [-0.1, -0.05) is 60.2 Å². The fourth-order valence-electron chi connectivity index (χ4n) is 3.11. The summed E-state index contributed by atoms with van der Waals surface area (Å²) >= 11 is 0. The second kappa shape index (κ2) is 8.29. The van der Waals surface area contributed by atoms with Crippen molar-refractivity contribution in [1.29, 1.82) is 0 Å². The van der Waals surface area contributed by atoms with E-state index in [9.17, 15) is 4.79 Å². The number of aryl methyl sites for hydroxylation is 3. The molecule has 0 N–H and O–H groups in total. The van der Waals surface area contributed by atoms with Crippen LogP contribution >= 0.6 is 8.58 Å². The summed E-state index contributed by atoms with van der Waals surface area (Å²) in [7, 11) is 0.122. The summed E-state index contributed by atoms with van der Waals surface area (Å²) in [4.78, 5) is 12.7. The maximum absolute atomic E-state index is 12.7. The van der Waals surface area contributed by atoms with Gasteiger partial charge >= 0.3 is 0 Å². The van der Waals surface area contributed by atoms with Crippen molar-refractivity contribution < 1.29 is 9.53 Å². The van der Waals surface area contributed by atoms with E-state index in [2.05, 4.69) is 19.1 Å². The van der Waals surface area contributed by atoms with Crippen LogP contribution in [0.3, 0.4) is 0 Å². The maximum Gasteiger partial charge on any atom is 0.186 e. The highest BCUT2D eigenvalue weighted by molar-refractivity contribution is 7.66. The average Bonchev–Trinajstić information content (AvgIpc) is 2.61. The SMILES string of the molecule is Cc1cc(C)c(C(=O)Pc2ccc(OCc3ccccc3)cc2)c(C)c1. The first-order valence-electron chi connectivity index (χ1n) is 8.69. The van der Waals surface area contributed by atoms with Gasteiger partial charge in [-0.05, 0) is 63.5 Å². The fraction of sp³-hybridized carbons (Fsp3) is 0.174. The molecular weight excluding hydrogens is 339 g/mol. The molecule has 0 amide bonds. The summed E-state index contributed by atoms with van der Waals surface area (Å²) in [6.45, 7) is 6.63. The van der Waals surface area contributed by atoms with Gasteiger partial charge in [0.05, 0.1) is 0 Å². The lowest BCUT2D eigenvalue weighted by Crippen LogP contribution is -2.05. The van der Waals surface area contributed by atoms with E-state index in [-0.39, 0.29) is 14.1 Å². The van der Waals surface area contributed by atoms with Crippen molar-refractivity contribution in [1.82, 2.24) is 0 Å². The van der Waals surface area contributed by atoms with Crippen LogP contribution in [-0.4, -0.2) is 5.52 Å². The van der Waals surface area contributed by atoms with Crippen molar-refractivity contribution in [2.75, 3.05) is 0 Å². The van der Waals surface area contributed by atoms with Crippen molar-refractivity contribution in [2.24, 2.45) is 0 Å². The normalized spacial score (nSPS) is 11.0. The van der Waals surface area contributed by atoms with Crippen LogP contribution in [0.1, 0.15) is 32.6 Å². The van der Waals surface area contributed by atoms with Crippen molar-refractivity contribution >= 4 is 19.4 Å². The maximum atomic E-state index is 12.7. The van der Waals surface area contributed by atoms with Crippen molar-refractivity contribution in [3.63, 3.8) is 0 Å². The van der Waals surface area contributed by atoms with Crippen LogP contribution in [0.25, 0.3) is 0 Å². The quantitative estimate of drug-likeness (QED) is 0.554. The van der Waals surface area contributed by atoms with E-state index in [0.29, 0.717) is 6.61 Å². The average molecular weight is 362 g/mol. The van der Waals surface area contributed by atoms with Crippen molar-refractivity contribution in [3.05, 3.63) is 94.5 Å². The van der Waals surface area contributed by atoms with Gasteiger partial charge < -0.3 is 4.74 Å². The van der Waals surface area contributed by atoms with E-state index in [4.69, 9.17) is 4.74 Å². The lowest BCUT2D eigenvalue weighted by atomic mass is 10.0. The number of ether oxygens (including phenoxy) is 1. The van der Waals surface area contributed by atoms with E-state index in [1.165, 1.54) is 5.56 Å². The molecular formula is C23H23O2P. The molecule has 3 aromatic carbocycles. The van der Waals surface area contributed by atoms with E-state index in [1.54, 1.807) is 0 Å². The molecule has 1 unspecified atom stereocenters. The van der Waals surface area contributed by atoms with Crippen LogP contribution < -0.4 is 10.0 Å².